The van der Waals surface area contributed by atoms with Gasteiger partial charge in [0.15, 0.2) is 5.82 Å². The topological polar surface area (TPSA) is 114 Å². The summed E-state index contributed by atoms with van der Waals surface area (Å²) in [6.07, 6.45) is 3.97. The average molecular weight is 498 g/mol. The van der Waals surface area contributed by atoms with Crippen LogP contribution in [-0.4, -0.2) is 45.3 Å². The molecule has 0 spiro atoms. The summed E-state index contributed by atoms with van der Waals surface area (Å²) < 4.78 is 43.1. The first-order chi connectivity index (χ1) is 16.7. The van der Waals surface area contributed by atoms with Crippen LogP contribution in [0.15, 0.2) is 41.3 Å². The molecule has 0 saturated heterocycles. The van der Waals surface area contributed by atoms with Gasteiger partial charge in [-0.25, -0.2) is 17.1 Å². The molecule has 1 aromatic heterocycles. The molecule has 0 radical (unpaired) electrons. The van der Waals surface area contributed by atoms with Gasteiger partial charge < -0.3 is 9.88 Å². The van der Waals surface area contributed by atoms with Crippen molar-refractivity contribution < 1.29 is 22.4 Å². The summed E-state index contributed by atoms with van der Waals surface area (Å²) in [4.78, 5) is 25.2. The van der Waals surface area contributed by atoms with E-state index in [1.165, 1.54) is 24.3 Å². The fourth-order valence-corrected chi connectivity index (χ4v) is 6.35. The van der Waals surface area contributed by atoms with E-state index in [0.29, 0.717) is 11.4 Å². The van der Waals surface area contributed by atoms with Gasteiger partial charge >= 0.3 is 0 Å². The van der Waals surface area contributed by atoms with E-state index in [1.54, 1.807) is 19.9 Å². The summed E-state index contributed by atoms with van der Waals surface area (Å²) in [5.41, 5.74) is 0.543. The number of benzene rings is 2. The van der Waals surface area contributed by atoms with E-state index in [2.05, 4.69) is 15.5 Å². The third kappa shape index (κ3) is 3.89. The quantitative estimate of drug-likeness (QED) is 0.589. The Labute approximate surface area is 202 Å². The maximum Gasteiger partial charge on any atom is 0.269 e. The molecule has 3 heterocycles. The van der Waals surface area contributed by atoms with Crippen LogP contribution in [0.3, 0.4) is 0 Å². The van der Waals surface area contributed by atoms with Crippen LogP contribution < -0.4 is 5.32 Å². The number of nitrogens with zero attached hydrogens (tertiary/aromatic N) is 4. The van der Waals surface area contributed by atoms with Crippen molar-refractivity contribution in [3.05, 3.63) is 59.2 Å². The van der Waals surface area contributed by atoms with Crippen molar-refractivity contribution in [2.45, 2.75) is 57.0 Å². The number of hydrogen-bond acceptors (Lipinski definition) is 6. The van der Waals surface area contributed by atoms with Gasteiger partial charge in [-0.3, -0.25) is 9.59 Å². The summed E-state index contributed by atoms with van der Waals surface area (Å²) in [5.74, 6) is -0.486. The van der Waals surface area contributed by atoms with Crippen LogP contribution in [-0.2, 0) is 23.0 Å². The molecule has 0 unspecified atom stereocenters. The molecule has 11 heteroatoms. The molecule has 0 fully saturated rings. The van der Waals surface area contributed by atoms with E-state index in [4.69, 9.17) is 0 Å². The molecule has 2 aromatic carbocycles. The fraction of sp³-hybridized carbons (Fsp3) is 0.333. The molecule has 5 rings (SSSR count). The van der Waals surface area contributed by atoms with Crippen molar-refractivity contribution >= 4 is 27.5 Å². The summed E-state index contributed by atoms with van der Waals surface area (Å²) in [6, 6.07) is 7.57. The highest BCUT2D eigenvalue weighted by atomic mass is 32.2. The number of fused-ring (bicyclic) bond motifs is 2. The molecule has 0 bridgehead atoms. The predicted octanol–water partition coefficient (Wildman–Crippen LogP) is 3.62. The maximum absolute atomic E-state index is 14.6. The third-order valence-electron chi connectivity index (χ3n) is 6.26. The zero-order valence-electron chi connectivity index (χ0n) is 19.3. The van der Waals surface area contributed by atoms with Gasteiger partial charge in [0.2, 0.25) is 0 Å². The minimum absolute atomic E-state index is 0.00752. The molecule has 3 aromatic rings. The van der Waals surface area contributed by atoms with Crippen LogP contribution in [0.4, 0.5) is 10.1 Å². The Morgan fingerprint density at radius 2 is 1.89 bits per heavy atom. The fourth-order valence-electron chi connectivity index (χ4n) is 4.55. The van der Waals surface area contributed by atoms with E-state index < -0.39 is 33.7 Å². The van der Waals surface area contributed by atoms with Crippen molar-refractivity contribution in [2.24, 2.45) is 0 Å². The Bertz CT molecular complexity index is 1460. The van der Waals surface area contributed by atoms with Gasteiger partial charge in [0.05, 0.1) is 11.3 Å². The van der Waals surface area contributed by atoms with Gasteiger partial charge in [-0.15, -0.1) is 10.2 Å². The number of rotatable bonds is 4. The number of carbonyl (C=O) groups excluding carboxylic acids is 2. The maximum atomic E-state index is 14.6. The van der Waals surface area contributed by atoms with Gasteiger partial charge in [-0.2, -0.15) is 0 Å². The molecule has 35 heavy (non-hydrogen) atoms. The van der Waals surface area contributed by atoms with Crippen LogP contribution in [0.5, 0.6) is 0 Å². The Balaban J connectivity index is 1.45. The first kappa shape index (κ1) is 23.2. The monoisotopic (exact) mass is 497 g/mol. The van der Waals surface area contributed by atoms with Crippen LogP contribution in [0, 0.1) is 5.82 Å². The van der Waals surface area contributed by atoms with E-state index in [1.807, 2.05) is 4.57 Å². The normalized spacial score (nSPS) is 16.7. The Kier molecular flexibility index (Phi) is 5.66. The largest absolute Gasteiger partial charge is 0.319 e. The Morgan fingerprint density at radius 1 is 1.09 bits per heavy atom. The van der Waals surface area contributed by atoms with Crippen molar-refractivity contribution in [1.82, 2.24) is 19.1 Å². The van der Waals surface area contributed by atoms with Gasteiger partial charge in [-0.05, 0) is 63.1 Å². The van der Waals surface area contributed by atoms with Crippen LogP contribution in [0.2, 0.25) is 0 Å². The molecule has 9 nitrogen and oxygen atoms in total. The number of aryl methyl sites for hydroxylation is 1. The lowest BCUT2D eigenvalue weighted by molar-refractivity contribution is 0.0846. The third-order valence-corrected chi connectivity index (χ3v) is 8.26. The molecule has 0 aliphatic carbocycles. The van der Waals surface area contributed by atoms with Crippen molar-refractivity contribution in [3.63, 3.8) is 0 Å². The second kappa shape index (κ2) is 8.56. The molecule has 182 valence electrons. The number of amides is 2. The summed E-state index contributed by atoms with van der Waals surface area (Å²) in [7, 11) is -4.07. The number of aromatic nitrogens is 3. The smallest absolute Gasteiger partial charge is 0.269 e. The van der Waals surface area contributed by atoms with E-state index in [-0.39, 0.29) is 21.7 Å². The zero-order valence-corrected chi connectivity index (χ0v) is 20.1. The van der Waals surface area contributed by atoms with Gasteiger partial charge in [-0.1, -0.05) is 6.42 Å². The minimum Gasteiger partial charge on any atom is -0.319 e. The van der Waals surface area contributed by atoms with Crippen LogP contribution in [0.1, 0.15) is 59.7 Å². The Hall–Kier alpha value is -3.60. The van der Waals surface area contributed by atoms with Crippen molar-refractivity contribution in [1.29, 1.82) is 0 Å². The lowest BCUT2D eigenvalue weighted by Crippen LogP contribution is -2.36. The number of sulfonamides is 1. The van der Waals surface area contributed by atoms with Gasteiger partial charge in [0, 0.05) is 30.1 Å². The number of halogens is 1. The number of nitrogens with one attached hydrogen (secondary N) is 1. The van der Waals surface area contributed by atoms with Gasteiger partial charge in [0.25, 0.3) is 21.8 Å². The molecule has 1 N–H and O–H groups in total. The van der Waals surface area contributed by atoms with Crippen LogP contribution >= 0.6 is 0 Å². The number of hydrogen-bond donors (Lipinski definition) is 1. The lowest BCUT2D eigenvalue weighted by atomic mass is 10.1. The van der Waals surface area contributed by atoms with Crippen molar-refractivity contribution in [2.75, 3.05) is 5.32 Å². The molecule has 2 aliphatic rings. The highest BCUT2D eigenvalue weighted by molar-refractivity contribution is 7.90. The molecular weight excluding hydrogens is 473 g/mol. The standard InChI is InChI=1S/C24H24FN5O4S/c1-14(2)30-24(32)17-9-7-16(13-20(17)35(30,33)34)23(31)26-19-12-15(8-10-18(19)25)22-28-27-21-6-4-3-5-11-29(21)22/h7-10,12-14H,3-6,11H2,1-2H3,(H,26,31). The lowest BCUT2D eigenvalue weighted by Gasteiger charge is -2.18. The first-order valence-electron chi connectivity index (χ1n) is 11.4. The summed E-state index contributed by atoms with van der Waals surface area (Å²) in [6.45, 7) is 3.96. The highest BCUT2D eigenvalue weighted by Crippen LogP contribution is 2.33. The highest BCUT2D eigenvalue weighted by Gasteiger charge is 2.43. The molecule has 2 aliphatic heterocycles. The van der Waals surface area contributed by atoms with Crippen LogP contribution in [0.25, 0.3) is 11.4 Å². The second-order valence-corrected chi connectivity index (χ2v) is 10.7. The number of carbonyl (C=O) groups is 2. The SMILES string of the molecule is CC(C)N1C(=O)c2ccc(C(=O)Nc3cc(-c4nnc5n4CCCCC5)ccc3F)cc2S1(=O)=O. The van der Waals surface area contributed by atoms with Crippen molar-refractivity contribution in [3.8, 4) is 11.4 Å². The first-order valence-corrected chi connectivity index (χ1v) is 12.9. The Morgan fingerprint density at radius 3 is 2.66 bits per heavy atom. The molecule has 0 saturated carbocycles. The zero-order chi connectivity index (χ0) is 24.9. The van der Waals surface area contributed by atoms with Gasteiger partial charge in [0.1, 0.15) is 16.5 Å². The number of anilines is 1. The average Bonchev–Trinajstić information content (AvgIpc) is 3.19. The molecule has 0 atom stereocenters. The minimum atomic E-state index is -4.07. The van der Waals surface area contributed by atoms with E-state index in [0.717, 1.165) is 48.4 Å². The molecule has 2 amide bonds. The van der Waals surface area contributed by atoms with E-state index >= 15 is 0 Å². The predicted molar refractivity (Wildman–Crippen MR) is 126 cm³/mol. The second-order valence-electron chi connectivity index (χ2n) is 8.96. The van der Waals surface area contributed by atoms with E-state index in [9.17, 15) is 22.4 Å². The molecular formula is C24H24FN5O4S. The summed E-state index contributed by atoms with van der Waals surface area (Å²) in [5, 5.41) is 11.1. The summed E-state index contributed by atoms with van der Waals surface area (Å²) >= 11 is 0.